The Morgan fingerprint density at radius 1 is 0.967 bits per heavy atom. The third kappa shape index (κ3) is 3.53. The Morgan fingerprint density at radius 2 is 1.67 bits per heavy atom. The van der Waals surface area contributed by atoms with Gasteiger partial charge in [0.05, 0.1) is 22.3 Å². The first-order valence-corrected chi connectivity index (χ1v) is 10.5. The van der Waals surface area contributed by atoms with E-state index in [1.807, 2.05) is 60.3 Å². The lowest BCUT2D eigenvalue weighted by Crippen LogP contribution is -2.19. The lowest BCUT2D eigenvalue weighted by atomic mass is 10.0. The molecule has 1 aliphatic heterocycles. The Kier molecular flexibility index (Phi) is 5.11. The first kappa shape index (κ1) is 18.7. The number of benzene rings is 2. The molecule has 0 bridgehead atoms. The summed E-state index contributed by atoms with van der Waals surface area (Å²) in [5, 5.41) is 5.79. The molecule has 4 aromatic rings. The number of ether oxygens (including phenoxy) is 1. The van der Waals surface area contributed by atoms with E-state index in [9.17, 15) is 0 Å². The number of fused-ring (bicyclic) bond motifs is 1. The summed E-state index contributed by atoms with van der Waals surface area (Å²) in [5.74, 6) is 0.690. The molecule has 5 rings (SSSR count). The summed E-state index contributed by atoms with van der Waals surface area (Å²) >= 11 is 0. The number of hydrogen-bond donors (Lipinski definition) is 0. The third-order valence-corrected chi connectivity index (χ3v) is 5.52. The van der Waals surface area contributed by atoms with Crippen molar-refractivity contribution in [3.8, 4) is 0 Å². The Labute approximate surface area is 176 Å². The first-order valence-electron chi connectivity index (χ1n) is 10.5. The minimum Gasteiger partial charge on any atom is -0.356 e. The summed E-state index contributed by atoms with van der Waals surface area (Å²) in [6.07, 6.45) is 5.05. The predicted molar refractivity (Wildman–Crippen MR) is 119 cm³/mol. The fraction of sp³-hybridized carbons (Fsp3) is 0.240. The second-order valence-electron chi connectivity index (χ2n) is 7.57. The van der Waals surface area contributed by atoms with E-state index < -0.39 is 0 Å². The quantitative estimate of drug-likeness (QED) is 0.421. The van der Waals surface area contributed by atoms with E-state index in [4.69, 9.17) is 14.8 Å². The highest BCUT2D eigenvalue weighted by Crippen LogP contribution is 2.32. The van der Waals surface area contributed by atoms with Gasteiger partial charge in [0.25, 0.3) is 0 Å². The number of hydrogen-bond acceptors (Lipinski definition) is 4. The second kappa shape index (κ2) is 8.20. The molecule has 1 fully saturated rings. The van der Waals surface area contributed by atoms with Gasteiger partial charge in [-0.3, -0.25) is 0 Å². The standard InChI is InChI=1S/C25H24N4O/c1-18-23-21(29(28-18)22-14-8-9-17-30-22)15-16-26-25(23)27-24(19-10-4-2-5-11-19)20-12-6-3-7-13-20/h2-7,10-13,15-16,22H,8-9,14,17H2,1H3. The maximum absolute atomic E-state index is 5.99. The molecule has 1 aliphatic rings. The number of aromatic nitrogens is 3. The molecular formula is C25H24N4O. The molecule has 150 valence electrons. The van der Waals surface area contributed by atoms with Crippen molar-refractivity contribution < 1.29 is 4.74 Å². The van der Waals surface area contributed by atoms with Crippen LogP contribution in [0.2, 0.25) is 0 Å². The van der Waals surface area contributed by atoms with Crippen molar-refractivity contribution in [2.45, 2.75) is 32.4 Å². The van der Waals surface area contributed by atoms with Crippen LogP contribution >= 0.6 is 0 Å². The number of aliphatic imine (C=N–C) groups is 1. The molecular weight excluding hydrogens is 372 g/mol. The number of pyridine rings is 1. The molecule has 0 aliphatic carbocycles. The van der Waals surface area contributed by atoms with Crippen LogP contribution in [-0.2, 0) is 4.74 Å². The topological polar surface area (TPSA) is 52.3 Å². The average Bonchev–Trinajstić information content (AvgIpc) is 3.16. The van der Waals surface area contributed by atoms with Gasteiger partial charge in [-0.1, -0.05) is 60.7 Å². The van der Waals surface area contributed by atoms with Crippen LogP contribution in [0.5, 0.6) is 0 Å². The second-order valence-corrected chi connectivity index (χ2v) is 7.57. The van der Waals surface area contributed by atoms with Crippen molar-refractivity contribution in [1.29, 1.82) is 0 Å². The molecule has 5 heteroatoms. The SMILES string of the molecule is Cc1nn(C2CCCCO2)c2ccnc(N=C(c3ccccc3)c3ccccc3)c12. The average molecular weight is 396 g/mol. The van der Waals surface area contributed by atoms with Gasteiger partial charge in [-0.25, -0.2) is 14.7 Å². The minimum atomic E-state index is -0.0168. The van der Waals surface area contributed by atoms with Crippen molar-refractivity contribution in [2.24, 2.45) is 4.99 Å². The molecule has 0 spiro atoms. The highest BCUT2D eigenvalue weighted by Gasteiger charge is 2.22. The zero-order chi connectivity index (χ0) is 20.3. The summed E-state index contributed by atoms with van der Waals surface area (Å²) < 4.78 is 8.00. The largest absolute Gasteiger partial charge is 0.356 e. The maximum atomic E-state index is 5.99. The summed E-state index contributed by atoms with van der Waals surface area (Å²) in [5.41, 5.74) is 4.96. The summed E-state index contributed by atoms with van der Waals surface area (Å²) in [6.45, 7) is 2.81. The van der Waals surface area contributed by atoms with E-state index in [2.05, 4.69) is 29.2 Å². The van der Waals surface area contributed by atoms with Gasteiger partial charge in [-0.2, -0.15) is 5.10 Å². The highest BCUT2D eigenvalue weighted by molar-refractivity contribution is 6.14. The van der Waals surface area contributed by atoms with Crippen LogP contribution in [0.1, 0.15) is 42.3 Å². The van der Waals surface area contributed by atoms with Crippen LogP contribution in [0.3, 0.4) is 0 Å². The molecule has 2 aromatic carbocycles. The van der Waals surface area contributed by atoms with Crippen molar-refractivity contribution in [3.05, 3.63) is 89.7 Å². The van der Waals surface area contributed by atoms with E-state index in [1.165, 1.54) is 0 Å². The third-order valence-electron chi connectivity index (χ3n) is 5.52. The smallest absolute Gasteiger partial charge is 0.163 e. The van der Waals surface area contributed by atoms with E-state index in [0.717, 1.165) is 59.3 Å². The molecule has 1 unspecified atom stereocenters. The molecule has 30 heavy (non-hydrogen) atoms. The Morgan fingerprint density at radius 3 is 2.30 bits per heavy atom. The highest BCUT2D eigenvalue weighted by atomic mass is 16.5. The van der Waals surface area contributed by atoms with Crippen LogP contribution in [0.4, 0.5) is 5.82 Å². The van der Waals surface area contributed by atoms with E-state index in [1.54, 1.807) is 0 Å². The Hall–Kier alpha value is -3.31. The van der Waals surface area contributed by atoms with Gasteiger partial charge in [0, 0.05) is 23.9 Å². The lowest BCUT2D eigenvalue weighted by Gasteiger charge is -2.23. The van der Waals surface area contributed by atoms with Crippen LogP contribution < -0.4 is 0 Å². The van der Waals surface area contributed by atoms with E-state index >= 15 is 0 Å². The van der Waals surface area contributed by atoms with Crippen molar-refractivity contribution in [3.63, 3.8) is 0 Å². The van der Waals surface area contributed by atoms with E-state index in [-0.39, 0.29) is 6.23 Å². The van der Waals surface area contributed by atoms with Gasteiger partial charge in [-0.05, 0) is 32.3 Å². The lowest BCUT2D eigenvalue weighted by molar-refractivity contribution is -0.0368. The van der Waals surface area contributed by atoms with Crippen molar-refractivity contribution in [1.82, 2.24) is 14.8 Å². The normalized spacial score (nSPS) is 16.5. The van der Waals surface area contributed by atoms with Gasteiger partial charge in [0.2, 0.25) is 0 Å². The molecule has 1 saturated heterocycles. The molecule has 5 nitrogen and oxygen atoms in total. The van der Waals surface area contributed by atoms with Gasteiger partial charge in [-0.15, -0.1) is 0 Å². The molecule has 3 heterocycles. The monoisotopic (exact) mass is 396 g/mol. The Balaban J connectivity index is 1.67. The van der Waals surface area contributed by atoms with Gasteiger partial charge in [0.1, 0.15) is 0 Å². The fourth-order valence-electron chi connectivity index (χ4n) is 4.06. The minimum absolute atomic E-state index is 0.0168. The zero-order valence-electron chi connectivity index (χ0n) is 17.0. The van der Waals surface area contributed by atoms with Crippen molar-refractivity contribution in [2.75, 3.05) is 6.61 Å². The molecule has 0 saturated carbocycles. The zero-order valence-corrected chi connectivity index (χ0v) is 17.0. The number of aryl methyl sites for hydroxylation is 1. The van der Waals surface area contributed by atoms with Crippen LogP contribution in [-0.4, -0.2) is 27.1 Å². The molecule has 0 amide bonds. The van der Waals surface area contributed by atoms with Crippen LogP contribution in [0.15, 0.2) is 77.9 Å². The summed E-state index contributed by atoms with van der Waals surface area (Å²) in [6, 6.07) is 22.5. The molecule has 0 radical (unpaired) electrons. The first-order chi connectivity index (χ1) is 14.8. The molecule has 2 aromatic heterocycles. The molecule has 1 atom stereocenters. The Bertz CT molecular complexity index is 1130. The maximum Gasteiger partial charge on any atom is 0.163 e. The number of rotatable bonds is 4. The summed E-state index contributed by atoms with van der Waals surface area (Å²) in [4.78, 5) is 9.69. The number of nitrogens with zero attached hydrogens (tertiary/aromatic N) is 4. The van der Waals surface area contributed by atoms with Crippen molar-refractivity contribution >= 4 is 22.4 Å². The molecule has 0 N–H and O–H groups in total. The van der Waals surface area contributed by atoms with Gasteiger partial charge in [0.15, 0.2) is 12.0 Å². The van der Waals surface area contributed by atoms with Gasteiger partial charge < -0.3 is 4.74 Å². The predicted octanol–water partition coefficient (Wildman–Crippen LogP) is 5.61. The van der Waals surface area contributed by atoms with Gasteiger partial charge >= 0.3 is 0 Å². The summed E-state index contributed by atoms with van der Waals surface area (Å²) in [7, 11) is 0. The fourth-order valence-corrected chi connectivity index (χ4v) is 4.06. The van der Waals surface area contributed by atoms with Crippen LogP contribution in [0, 0.1) is 6.92 Å². The van der Waals surface area contributed by atoms with E-state index in [0.29, 0.717) is 5.82 Å². The van der Waals surface area contributed by atoms with Crippen LogP contribution in [0.25, 0.3) is 10.9 Å².